The number of hydrogen-bond acceptors (Lipinski definition) is 2. The number of hydrogen-bond donors (Lipinski definition) is 1. The second-order valence-electron chi connectivity index (χ2n) is 7.16. The number of nitrogens with zero attached hydrogens (tertiary/aromatic N) is 1. The van der Waals surface area contributed by atoms with E-state index in [0.717, 1.165) is 32.2 Å². The third-order valence-electron chi connectivity index (χ3n) is 5.77. The molecule has 1 aliphatic carbocycles. The van der Waals surface area contributed by atoms with Crippen LogP contribution in [-0.4, -0.2) is 29.9 Å². The Kier molecular flexibility index (Phi) is 4.53. The van der Waals surface area contributed by atoms with Crippen molar-refractivity contribution in [1.82, 2.24) is 4.90 Å². The van der Waals surface area contributed by atoms with Gasteiger partial charge in [0.1, 0.15) is 0 Å². The maximum atomic E-state index is 13.0. The maximum absolute atomic E-state index is 13.0. The van der Waals surface area contributed by atoms with Crippen LogP contribution in [0.4, 0.5) is 0 Å². The number of nitrogens with two attached hydrogens (primary N) is 1. The third-order valence-corrected chi connectivity index (χ3v) is 5.77. The standard InChI is InChI=1S/C19H28N2O/c1-13-6-3-4-8-17(13)16-10-14(2)21(12-16)19(22)18-9-5-7-15(18)11-20/h3-4,6,8,14-16,18H,5,7,9-12,20H2,1-2H3/t14?,15-,16?,18-/m1/s1. The molecule has 1 aliphatic heterocycles. The van der Waals surface area contributed by atoms with Gasteiger partial charge in [0.15, 0.2) is 0 Å². The molecule has 4 atom stereocenters. The monoisotopic (exact) mass is 300 g/mol. The van der Waals surface area contributed by atoms with Gasteiger partial charge in [-0.1, -0.05) is 30.7 Å². The molecule has 3 rings (SSSR count). The van der Waals surface area contributed by atoms with Crippen molar-refractivity contribution >= 4 is 5.91 Å². The van der Waals surface area contributed by atoms with E-state index in [1.54, 1.807) is 0 Å². The normalized spacial score (nSPS) is 31.7. The van der Waals surface area contributed by atoms with Crippen LogP contribution in [0.15, 0.2) is 24.3 Å². The first kappa shape index (κ1) is 15.5. The van der Waals surface area contributed by atoms with Crippen LogP contribution >= 0.6 is 0 Å². The minimum atomic E-state index is 0.170. The van der Waals surface area contributed by atoms with Crippen molar-refractivity contribution in [2.24, 2.45) is 17.6 Å². The summed E-state index contributed by atoms with van der Waals surface area (Å²) < 4.78 is 0. The SMILES string of the molecule is Cc1ccccc1C1CC(C)N(C(=O)[C@@H]2CCC[C@@H]2CN)C1. The number of amides is 1. The number of carbonyl (C=O) groups is 1. The van der Waals surface area contributed by atoms with Gasteiger partial charge in [-0.25, -0.2) is 0 Å². The molecule has 0 radical (unpaired) electrons. The van der Waals surface area contributed by atoms with Crippen LogP contribution in [0.1, 0.15) is 49.7 Å². The van der Waals surface area contributed by atoms with Gasteiger partial charge in [-0.05, 0) is 56.7 Å². The second kappa shape index (κ2) is 6.41. The summed E-state index contributed by atoms with van der Waals surface area (Å²) in [5, 5.41) is 0. The number of carbonyl (C=O) groups excluding carboxylic acids is 1. The van der Waals surface area contributed by atoms with Crippen molar-refractivity contribution in [2.45, 2.75) is 51.5 Å². The van der Waals surface area contributed by atoms with E-state index >= 15 is 0 Å². The Morgan fingerprint density at radius 3 is 2.82 bits per heavy atom. The summed E-state index contributed by atoms with van der Waals surface area (Å²) in [6, 6.07) is 8.94. The van der Waals surface area contributed by atoms with Gasteiger partial charge in [-0.2, -0.15) is 0 Å². The molecule has 3 nitrogen and oxygen atoms in total. The number of likely N-dealkylation sites (tertiary alicyclic amines) is 1. The minimum absolute atomic E-state index is 0.170. The van der Waals surface area contributed by atoms with Crippen molar-refractivity contribution in [3.05, 3.63) is 35.4 Å². The highest BCUT2D eigenvalue weighted by Crippen LogP contribution is 2.38. The third kappa shape index (κ3) is 2.79. The molecule has 0 spiro atoms. The molecule has 2 fully saturated rings. The molecule has 0 aromatic heterocycles. The van der Waals surface area contributed by atoms with E-state index in [-0.39, 0.29) is 5.92 Å². The lowest BCUT2D eigenvalue weighted by Crippen LogP contribution is -2.41. The first-order chi connectivity index (χ1) is 10.6. The van der Waals surface area contributed by atoms with Gasteiger partial charge >= 0.3 is 0 Å². The van der Waals surface area contributed by atoms with E-state index in [1.807, 2.05) is 0 Å². The van der Waals surface area contributed by atoms with Crippen LogP contribution in [0.3, 0.4) is 0 Å². The molecule has 2 unspecified atom stereocenters. The molecule has 1 saturated carbocycles. The Labute approximate surface area is 133 Å². The molecule has 2 aliphatic rings. The fourth-order valence-corrected chi connectivity index (χ4v) is 4.47. The summed E-state index contributed by atoms with van der Waals surface area (Å²) in [7, 11) is 0. The molecule has 1 heterocycles. The quantitative estimate of drug-likeness (QED) is 0.932. The Bertz CT molecular complexity index is 542. The fraction of sp³-hybridized carbons (Fsp3) is 0.632. The largest absolute Gasteiger partial charge is 0.339 e. The van der Waals surface area contributed by atoms with Gasteiger partial charge in [0.2, 0.25) is 5.91 Å². The molecule has 1 aromatic rings. The number of aryl methyl sites for hydroxylation is 1. The molecule has 2 N–H and O–H groups in total. The van der Waals surface area contributed by atoms with Gasteiger partial charge in [-0.15, -0.1) is 0 Å². The van der Waals surface area contributed by atoms with Gasteiger partial charge < -0.3 is 10.6 Å². The molecule has 1 amide bonds. The molecule has 1 aromatic carbocycles. The van der Waals surface area contributed by atoms with Crippen LogP contribution in [0, 0.1) is 18.8 Å². The minimum Gasteiger partial charge on any atom is -0.339 e. The van der Waals surface area contributed by atoms with Crippen molar-refractivity contribution < 1.29 is 4.79 Å². The first-order valence-corrected chi connectivity index (χ1v) is 8.68. The molecule has 22 heavy (non-hydrogen) atoms. The Balaban J connectivity index is 1.73. The van der Waals surface area contributed by atoms with E-state index in [1.165, 1.54) is 11.1 Å². The zero-order chi connectivity index (χ0) is 15.7. The smallest absolute Gasteiger partial charge is 0.226 e. The Hall–Kier alpha value is -1.35. The number of benzene rings is 1. The predicted molar refractivity (Wildman–Crippen MR) is 89.6 cm³/mol. The maximum Gasteiger partial charge on any atom is 0.226 e. The average molecular weight is 300 g/mol. The van der Waals surface area contributed by atoms with Crippen molar-refractivity contribution in [2.75, 3.05) is 13.1 Å². The molecule has 1 saturated heterocycles. The predicted octanol–water partition coefficient (Wildman–Crippen LogP) is 3.07. The van der Waals surface area contributed by atoms with Gasteiger partial charge in [-0.3, -0.25) is 4.79 Å². The van der Waals surface area contributed by atoms with Gasteiger partial charge in [0.05, 0.1) is 0 Å². The van der Waals surface area contributed by atoms with Crippen LogP contribution in [0.5, 0.6) is 0 Å². The molecule has 120 valence electrons. The Morgan fingerprint density at radius 2 is 2.09 bits per heavy atom. The highest BCUT2D eigenvalue weighted by Gasteiger charge is 2.40. The lowest BCUT2D eigenvalue weighted by molar-refractivity contribution is -0.137. The van der Waals surface area contributed by atoms with Gasteiger partial charge in [0.25, 0.3) is 0 Å². The van der Waals surface area contributed by atoms with Crippen LogP contribution in [0.2, 0.25) is 0 Å². The lowest BCUT2D eigenvalue weighted by Gasteiger charge is -2.27. The highest BCUT2D eigenvalue weighted by atomic mass is 16.2. The summed E-state index contributed by atoms with van der Waals surface area (Å²) in [6.45, 7) is 5.90. The fourth-order valence-electron chi connectivity index (χ4n) is 4.47. The van der Waals surface area contributed by atoms with Crippen LogP contribution < -0.4 is 5.73 Å². The highest BCUT2D eigenvalue weighted by molar-refractivity contribution is 5.80. The summed E-state index contributed by atoms with van der Waals surface area (Å²) in [5.74, 6) is 1.41. The first-order valence-electron chi connectivity index (χ1n) is 8.68. The molecular formula is C19H28N2O. The van der Waals surface area contributed by atoms with Crippen LogP contribution in [-0.2, 0) is 4.79 Å². The average Bonchev–Trinajstić information content (AvgIpc) is 3.13. The Morgan fingerprint density at radius 1 is 1.32 bits per heavy atom. The van der Waals surface area contributed by atoms with Crippen molar-refractivity contribution in [3.8, 4) is 0 Å². The van der Waals surface area contributed by atoms with E-state index in [0.29, 0.717) is 30.3 Å². The zero-order valence-corrected chi connectivity index (χ0v) is 13.8. The summed E-state index contributed by atoms with van der Waals surface area (Å²) >= 11 is 0. The molecule has 0 bridgehead atoms. The van der Waals surface area contributed by atoms with Crippen molar-refractivity contribution in [1.29, 1.82) is 0 Å². The summed E-state index contributed by atoms with van der Waals surface area (Å²) in [4.78, 5) is 15.1. The van der Waals surface area contributed by atoms with Gasteiger partial charge in [0, 0.05) is 24.4 Å². The second-order valence-corrected chi connectivity index (χ2v) is 7.16. The van der Waals surface area contributed by atoms with Crippen LogP contribution in [0.25, 0.3) is 0 Å². The summed E-state index contributed by atoms with van der Waals surface area (Å²) in [6.07, 6.45) is 4.38. The molecular weight excluding hydrogens is 272 g/mol. The molecule has 3 heteroatoms. The summed E-state index contributed by atoms with van der Waals surface area (Å²) in [5.41, 5.74) is 8.61. The van der Waals surface area contributed by atoms with E-state index in [2.05, 4.69) is 43.0 Å². The van der Waals surface area contributed by atoms with E-state index < -0.39 is 0 Å². The van der Waals surface area contributed by atoms with Crippen molar-refractivity contribution in [3.63, 3.8) is 0 Å². The lowest BCUT2D eigenvalue weighted by atomic mass is 9.93. The van der Waals surface area contributed by atoms with E-state index in [9.17, 15) is 4.79 Å². The van der Waals surface area contributed by atoms with E-state index in [4.69, 9.17) is 5.73 Å². The zero-order valence-electron chi connectivity index (χ0n) is 13.8. The number of rotatable bonds is 3. The topological polar surface area (TPSA) is 46.3 Å².